The van der Waals surface area contributed by atoms with Crippen molar-refractivity contribution in [3.8, 4) is 0 Å². The van der Waals surface area contributed by atoms with Crippen molar-refractivity contribution in [3.05, 3.63) is 23.3 Å². The molecule has 1 rings (SSSR count). The van der Waals surface area contributed by atoms with Crippen LogP contribution in [0.15, 0.2) is 6.20 Å². The maximum atomic E-state index is 11.0. The van der Waals surface area contributed by atoms with E-state index >= 15 is 0 Å². The third kappa shape index (κ3) is 2.50. The van der Waals surface area contributed by atoms with Gasteiger partial charge in [-0.2, -0.15) is 0 Å². The molecule has 0 saturated heterocycles. The quantitative estimate of drug-likeness (QED) is 0.705. The number of carbonyl (C=O) groups excluding carboxylic acids is 1. The third-order valence-corrected chi connectivity index (χ3v) is 1.65. The Morgan fingerprint density at radius 2 is 2.08 bits per heavy atom. The number of nitrogens with zero attached hydrogens (tertiary/aromatic N) is 2. The molecular formula is C9H15N3O. The number of aromatic nitrogens is 2. The number of nitrogens with one attached hydrogen (secondary N) is 1. The summed E-state index contributed by atoms with van der Waals surface area (Å²) < 4.78 is 0. The van der Waals surface area contributed by atoms with Gasteiger partial charge >= 0.3 is 0 Å². The zero-order valence-corrected chi connectivity index (χ0v) is 7.38. The zero-order valence-electron chi connectivity index (χ0n) is 7.38. The van der Waals surface area contributed by atoms with Crippen molar-refractivity contribution in [2.45, 2.75) is 21.3 Å². The van der Waals surface area contributed by atoms with E-state index in [2.05, 4.69) is 15.3 Å². The fraction of sp³-hybridized carbons (Fsp3) is 0.444. The molecule has 0 spiro atoms. The molecule has 0 aliphatic carbocycles. The van der Waals surface area contributed by atoms with Crippen LogP contribution in [0.4, 0.5) is 0 Å². The van der Waals surface area contributed by atoms with Crippen molar-refractivity contribution in [3.63, 3.8) is 0 Å². The molecule has 4 nitrogen and oxygen atoms in total. The molecule has 0 saturated carbocycles. The summed E-state index contributed by atoms with van der Waals surface area (Å²) in [5.41, 5.74) is 1.83. The van der Waals surface area contributed by atoms with E-state index < -0.39 is 0 Å². The second-order valence-corrected chi connectivity index (χ2v) is 2.54. The van der Waals surface area contributed by atoms with Crippen molar-refractivity contribution in [2.75, 3.05) is 7.05 Å². The number of aryl methyl sites for hydroxylation is 2. The van der Waals surface area contributed by atoms with E-state index in [9.17, 15) is 4.79 Å². The minimum absolute atomic E-state index is 0. The molecule has 0 aromatic carbocycles. The molecule has 0 unspecified atom stereocenters. The van der Waals surface area contributed by atoms with E-state index in [-0.39, 0.29) is 19.2 Å². The summed E-state index contributed by atoms with van der Waals surface area (Å²) in [6.07, 6.45) is 1.65. The van der Waals surface area contributed by atoms with Crippen LogP contribution < -0.4 is 5.32 Å². The van der Waals surface area contributed by atoms with E-state index in [1.54, 1.807) is 13.2 Å². The molecule has 0 fully saturated rings. The molecule has 72 valence electrons. The van der Waals surface area contributed by atoms with Gasteiger partial charge in [-0.3, -0.25) is 4.79 Å². The normalized spacial score (nSPS) is 8.85. The van der Waals surface area contributed by atoms with Gasteiger partial charge in [0, 0.05) is 18.9 Å². The molecule has 1 aromatic heterocycles. The number of amides is 1. The number of carbonyl (C=O) groups is 1. The highest BCUT2D eigenvalue weighted by Gasteiger charge is 2.06. The van der Waals surface area contributed by atoms with Gasteiger partial charge in [-0.15, -0.1) is 0 Å². The lowest BCUT2D eigenvalue weighted by molar-refractivity contribution is 0.0952. The van der Waals surface area contributed by atoms with Gasteiger partial charge in [0.2, 0.25) is 5.82 Å². The number of hydrogen-bond donors (Lipinski definition) is 1. The first-order chi connectivity index (χ1) is 5.65. The summed E-state index contributed by atoms with van der Waals surface area (Å²) in [6.45, 7) is 3.76. The van der Waals surface area contributed by atoms with Gasteiger partial charge in [0.1, 0.15) is 0 Å². The standard InChI is InChI=1S/C8H11N3O.CH4/c1-5-4-10-7(8(12)9-3)11-6(5)2;/h4H,1-3H3,(H,9,12);1H4. The Balaban J connectivity index is 0.00000144. The lowest BCUT2D eigenvalue weighted by Gasteiger charge is -2.00. The number of rotatable bonds is 1. The summed E-state index contributed by atoms with van der Waals surface area (Å²) in [5, 5.41) is 2.46. The van der Waals surface area contributed by atoms with Crippen LogP contribution in [0.25, 0.3) is 0 Å². The molecule has 1 N–H and O–H groups in total. The average Bonchev–Trinajstić information content (AvgIpc) is 2.08. The van der Waals surface area contributed by atoms with Crippen molar-refractivity contribution in [1.82, 2.24) is 15.3 Å². The van der Waals surface area contributed by atoms with Crippen molar-refractivity contribution in [1.29, 1.82) is 0 Å². The number of hydrogen-bond acceptors (Lipinski definition) is 3. The Labute approximate surface area is 78.4 Å². The van der Waals surface area contributed by atoms with E-state index in [0.29, 0.717) is 0 Å². The zero-order chi connectivity index (χ0) is 9.14. The van der Waals surface area contributed by atoms with E-state index in [1.807, 2.05) is 13.8 Å². The van der Waals surface area contributed by atoms with Crippen LogP contribution in [0.2, 0.25) is 0 Å². The predicted molar refractivity (Wildman–Crippen MR) is 51.6 cm³/mol. The monoisotopic (exact) mass is 181 g/mol. The van der Waals surface area contributed by atoms with Gasteiger partial charge in [-0.1, -0.05) is 7.43 Å². The summed E-state index contributed by atoms with van der Waals surface area (Å²) in [5.74, 6) is -0.0290. The maximum absolute atomic E-state index is 11.0. The highest BCUT2D eigenvalue weighted by Crippen LogP contribution is 2.00. The van der Waals surface area contributed by atoms with Crippen molar-refractivity contribution < 1.29 is 4.79 Å². The Morgan fingerprint density at radius 3 is 2.54 bits per heavy atom. The van der Waals surface area contributed by atoms with Gasteiger partial charge in [0.15, 0.2) is 0 Å². The minimum atomic E-state index is -0.252. The minimum Gasteiger partial charge on any atom is -0.352 e. The molecule has 0 bridgehead atoms. The first-order valence-electron chi connectivity index (χ1n) is 3.67. The van der Waals surface area contributed by atoms with E-state index in [1.165, 1.54) is 0 Å². The van der Waals surface area contributed by atoms with Crippen LogP contribution in [-0.2, 0) is 0 Å². The summed E-state index contributed by atoms with van der Waals surface area (Å²) in [7, 11) is 1.56. The second-order valence-electron chi connectivity index (χ2n) is 2.54. The Morgan fingerprint density at radius 1 is 1.46 bits per heavy atom. The van der Waals surface area contributed by atoms with Crippen LogP contribution in [0, 0.1) is 13.8 Å². The van der Waals surface area contributed by atoms with Gasteiger partial charge in [-0.25, -0.2) is 9.97 Å². The van der Waals surface area contributed by atoms with E-state index in [0.717, 1.165) is 11.3 Å². The maximum Gasteiger partial charge on any atom is 0.288 e. The summed E-state index contributed by atoms with van der Waals surface area (Å²) >= 11 is 0. The van der Waals surface area contributed by atoms with Gasteiger partial charge in [-0.05, 0) is 19.4 Å². The Hall–Kier alpha value is -1.45. The highest BCUT2D eigenvalue weighted by molar-refractivity contribution is 5.90. The third-order valence-electron chi connectivity index (χ3n) is 1.65. The van der Waals surface area contributed by atoms with Gasteiger partial charge in [0.25, 0.3) is 5.91 Å². The van der Waals surface area contributed by atoms with Crippen LogP contribution in [-0.4, -0.2) is 22.9 Å². The summed E-state index contributed by atoms with van der Waals surface area (Å²) in [4.78, 5) is 18.9. The Kier molecular flexibility index (Phi) is 4.04. The molecule has 1 aromatic rings. The van der Waals surface area contributed by atoms with E-state index in [4.69, 9.17) is 0 Å². The lowest BCUT2D eigenvalue weighted by atomic mass is 10.3. The van der Waals surface area contributed by atoms with Gasteiger partial charge < -0.3 is 5.32 Å². The van der Waals surface area contributed by atoms with Crippen LogP contribution in [0.5, 0.6) is 0 Å². The van der Waals surface area contributed by atoms with Crippen molar-refractivity contribution >= 4 is 5.91 Å². The fourth-order valence-corrected chi connectivity index (χ4v) is 0.748. The molecule has 0 aliphatic rings. The van der Waals surface area contributed by atoms with Crippen molar-refractivity contribution in [2.24, 2.45) is 0 Å². The first-order valence-corrected chi connectivity index (χ1v) is 3.67. The highest BCUT2D eigenvalue weighted by atomic mass is 16.2. The first kappa shape index (κ1) is 11.6. The van der Waals surface area contributed by atoms with Crippen LogP contribution in [0.1, 0.15) is 29.3 Å². The molecule has 0 aliphatic heterocycles. The van der Waals surface area contributed by atoms with Crippen LogP contribution in [0.3, 0.4) is 0 Å². The fourth-order valence-electron chi connectivity index (χ4n) is 0.748. The SMILES string of the molecule is C.CNC(=O)c1ncc(C)c(C)n1. The molecule has 1 amide bonds. The largest absolute Gasteiger partial charge is 0.352 e. The molecule has 0 radical (unpaired) electrons. The Bertz CT molecular complexity index is 310. The lowest BCUT2D eigenvalue weighted by Crippen LogP contribution is -2.21. The average molecular weight is 181 g/mol. The van der Waals surface area contributed by atoms with Gasteiger partial charge in [0.05, 0.1) is 0 Å². The predicted octanol–water partition coefficient (Wildman–Crippen LogP) is 1.09. The molecule has 13 heavy (non-hydrogen) atoms. The van der Waals surface area contributed by atoms with Crippen LogP contribution >= 0.6 is 0 Å². The smallest absolute Gasteiger partial charge is 0.288 e. The molecule has 0 atom stereocenters. The molecular weight excluding hydrogens is 166 g/mol. The summed E-state index contributed by atoms with van der Waals surface area (Å²) in [6, 6.07) is 0. The molecule has 4 heteroatoms. The molecule has 1 heterocycles. The topological polar surface area (TPSA) is 54.9 Å². The second kappa shape index (κ2) is 4.54.